The first-order valence-corrected chi connectivity index (χ1v) is 4.46. The van der Waals surface area contributed by atoms with Crippen LogP contribution in [0.2, 0.25) is 5.02 Å². The maximum Gasteiger partial charge on any atom is 0.174 e. The first-order valence-electron chi connectivity index (χ1n) is 3.29. The Labute approximate surface area is 88.0 Å². The SMILES string of the molecule is N#CCOc1cc(F)c(Cl)cc1Br. The summed E-state index contributed by atoms with van der Waals surface area (Å²) in [4.78, 5) is 0. The van der Waals surface area contributed by atoms with Gasteiger partial charge in [-0.25, -0.2) is 4.39 Å². The molecule has 0 saturated heterocycles. The van der Waals surface area contributed by atoms with Crippen LogP contribution in [0.4, 0.5) is 4.39 Å². The third-order valence-electron chi connectivity index (χ3n) is 1.27. The summed E-state index contributed by atoms with van der Waals surface area (Å²) in [5.41, 5.74) is 0. The molecule has 1 aromatic carbocycles. The smallest absolute Gasteiger partial charge is 0.174 e. The molecule has 0 aliphatic carbocycles. The van der Waals surface area contributed by atoms with Crippen molar-refractivity contribution in [3.63, 3.8) is 0 Å². The molecule has 13 heavy (non-hydrogen) atoms. The average molecular weight is 264 g/mol. The summed E-state index contributed by atoms with van der Waals surface area (Å²) in [7, 11) is 0. The van der Waals surface area contributed by atoms with Gasteiger partial charge in [-0.05, 0) is 22.0 Å². The summed E-state index contributed by atoms with van der Waals surface area (Å²) in [5.74, 6) is -0.304. The van der Waals surface area contributed by atoms with Crippen molar-refractivity contribution in [2.45, 2.75) is 0 Å². The molecule has 0 fully saturated rings. The Morgan fingerprint density at radius 1 is 1.62 bits per heavy atom. The first kappa shape index (κ1) is 10.3. The van der Waals surface area contributed by atoms with Crippen molar-refractivity contribution in [3.05, 3.63) is 27.4 Å². The Morgan fingerprint density at radius 3 is 2.92 bits per heavy atom. The molecule has 0 N–H and O–H groups in total. The van der Waals surface area contributed by atoms with Crippen molar-refractivity contribution >= 4 is 27.5 Å². The minimum atomic E-state index is -0.571. The fraction of sp³-hybridized carbons (Fsp3) is 0.125. The highest BCUT2D eigenvalue weighted by Gasteiger charge is 2.07. The Morgan fingerprint density at radius 2 is 2.31 bits per heavy atom. The van der Waals surface area contributed by atoms with Gasteiger partial charge in [-0.1, -0.05) is 11.6 Å². The Balaban J connectivity index is 2.96. The van der Waals surface area contributed by atoms with E-state index in [1.54, 1.807) is 6.07 Å². The Kier molecular flexibility index (Phi) is 3.52. The lowest BCUT2D eigenvalue weighted by atomic mass is 10.3. The van der Waals surface area contributed by atoms with Crippen LogP contribution < -0.4 is 4.74 Å². The summed E-state index contributed by atoms with van der Waals surface area (Å²) in [5, 5.41) is 8.24. The van der Waals surface area contributed by atoms with E-state index in [2.05, 4.69) is 15.9 Å². The quantitative estimate of drug-likeness (QED) is 0.769. The third kappa shape index (κ3) is 2.58. The van der Waals surface area contributed by atoms with Crippen molar-refractivity contribution in [1.82, 2.24) is 0 Å². The van der Waals surface area contributed by atoms with Gasteiger partial charge in [-0.2, -0.15) is 5.26 Å². The maximum absolute atomic E-state index is 12.9. The van der Waals surface area contributed by atoms with Crippen LogP contribution in [-0.2, 0) is 0 Å². The van der Waals surface area contributed by atoms with Gasteiger partial charge in [-0.3, -0.25) is 0 Å². The highest BCUT2D eigenvalue weighted by atomic mass is 79.9. The summed E-state index contributed by atoms with van der Waals surface area (Å²) < 4.78 is 18.3. The van der Waals surface area contributed by atoms with Gasteiger partial charge in [0.25, 0.3) is 0 Å². The van der Waals surface area contributed by atoms with Gasteiger partial charge < -0.3 is 4.74 Å². The van der Waals surface area contributed by atoms with Crippen molar-refractivity contribution in [3.8, 4) is 11.8 Å². The molecular formula is C8H4BrClFNO. The van der Waals surface area contributed by atoms with Crippen LogP contribution in [0.5, 0.6) is 5.75 Å². The Bertz CT molecular complexity index is 364. The van der Waals surface area contributed by atoms with Gasteiger partial charge in [0.2, 0.25) is 0 Å². The van der Waals surface area contributed by atoms with Gasteiger partial charge in [0, 0.05) is 6.07 Å². The molecule has 0 aliphatic heterocycles. The largest absolute Gasteiger partial charge is 0.477 e. The molecule has 0 amide bonds. The van der Waals surface area contributed by atoms with Gasteiger partial charge in [0.05, 0.1) is 9.50 Å². The number of hydrogen-bond acceptors (Lipinski definition) is 2. The first-order chi connectivity index (χ1) is 6.15. The molecule has 0 radical (unpaired) electrons. The zero-order chi connectivity index (χ0) is 9.84. The molecule has 0 spiro atoms. The van der Waals surface area contributed by atoms with Gasteiger partial charge in [0.1, 0.15) is 17.6 Å². The molecule has 1 rings (SSSR count). The molecule has 0 aromatic heterocycles. The topological polar surface area (TPSA) is 33.0 Å². The highest BCUT2D eigenvalue weighted by Crippen LogP contribution is 2.30. The summed E-state index contributed by atoms with van der Waals surface area (Å²) in [6, 6.07) is 4.29. The van der Waals surface area contributed by atoms with E-state index < -0.39 is 5.82 Å². The number of hydrogen-bond donors (Lipinski definition) is 0. The number of nitrogens with zero attached hydrogens (tertiary/aromatic N) is 1. The third-order valence-corrected chi connectivity index (χ3v) is 2.18. The molecule has 0 aliphatic rings. The second-order valence-electron chi connectivity index (χ2n) is 2.14. The van der Waals surface area contributed by atoms with Crippen LogP contribution in [0, 0.1) is 17.1 Å². The number of rotatable bonds is 2. The second-order valence-corrected chi connectivity index (χ2v) is 3.41. The molecule has 0 atom stereocenters. The molecule has 0 unspecified atom stereocenters. The van der Waals surface area contributed by atoms with Crippen molar-refractivity contribution in [2.24, 2.45) is 0 Å². The molecule has 0 heterocycles. The molecular weight excluding hydrogens is 260 g/mol. The molecule has 1 aromatic rings. The summed E-state index contributed by atoms with van der Waals surface area (Å²) >= 11 is 8.62. The lowest BCUT2D eigenvalue weighted by Gasteiger charge is -2.04. The standard InChI is InChI=1S/C8H4BrClFNO/c9-5-3-6(10)7(11)4-8(5)13-2-1-12/h3-4H,2H2. The monoisotopic (exact) mass is 263 g/mol. The van der Waals surface area contributed by atoms with E-state index in [9.17, 15) is 4.39 Å². The normalized spacial score (nSPS) is 9.38. The van der Waals surface area contributed by atoms with Crippen LogP contribution in [0.1, 0.15) is 0 Å². The van der Waals surface area contributed by atoms with Crippen LogP contribution in [-0.4, -0.2) is 6.61 Å². The van der Waals surface area contributed by atoms with E-state index in [1.165, 1.54) is 6.07 Å². The minimum Gasteiger partial charge on any atom is -0.477 e. The molecule has 0 bridgehead atoms. The van der Waals surface area contributed by atoms with E-state index in [-0.39, 0.29) is 17.4 Å². The van der Waals surface area contributed by atoms with Gasteiger partial charge >= 0.3 is 0 Å². The number of halogens is 3. The average Bonchev–Trinajstić information content (AvgIpc) is 2.09. The number of nitriles is 1. The molecule has 68 valence electrons. The van der Waals surface area contributed by atoms with Crippen molar-refractivity contribution in [2.75, 3.05) is 6.61 Å². The molecule has 5 heteroatoms. The van der Waals surface area contributed by atoms with E-state index in [4.69, 9.17) is 21.6 Å². The zero-order valence-electron chi connectivity index (χ0n) is 6.35. The van der Waals surface area contributed by atoms with Crippen LogP contribution in [0.25, 0.3) is 0 Å². The van der Waals surface area contributed by atoms with E-state index in [1.807, 2.05) is 0 Å². The zero-order valence-corrected chi connectivity index (χ0v) is 8.69. The highest BCUT2D eigenvalue weighted by molar-refractivity contribution is 9.10. The maximum atomic E-state index is 12.9. The van der Waals surface area contributed by atoms with Gasteiger partial charge in [0.15, 0.2) is 6.61 Å². The fourth-order valence-corrected chi connectivity index (χ4v) is 1.48. The van der Waals surface area contributed by atoms with E-state index >= 15 is 0 Å². The summed E-state index contributed by atoms with van der Waals surface area (Å²) in [6.07, 6.45) is 0. The second kappa shape index (κ2) is 4.45. The van der Waals surface area contributed by atoms with Crippen LogP contribution >= 0.6 is 27.5 Å². The molecule has 0 saturated carbocycles. The van der Waals surface area contributed by atoms with Crippen LogP contribution in [0.15, 0.2) is 16.6 Å². The molecule has 2 nitrogen and oxygen atoms in total. The van der Waals surface area contributed by atoms with Gasteiger partial charge in [-0.15, -0.1) is 0 Å². The number of benzene rings is 1. The predicted molar refractivity (Wildman–Crippen MR) is 50.2 cm³/mol. The number of ether oxygens (including phenoxy) is 1. The lowest BCUT2D eigenvalue weighted by Crippen LogP contribution is -1.95. The van der Waals surface area contributed by atoms with Crippen molar-refractivity contribution in [1.29, 1.82) is 5.26 Å². The van der Waals surface area contributed by atoms with E-state index in [0.29, 0.717) is 4.47 Å². The minimum absolute atomic E-state index is 0.0104. The Hall–Kier alpha value is -0.790. The lowest BCUT2D eigenvalue weighted by molar-refractivity contribution is 0.363. The predicted octanol–water partition coefficient (Wildman–Crippen LogP) is 3.14. The fourth-order valence-electron chi connectivity index (χ4n) is 0.725. The van der Waals surface area contributed by atoms with Crippen LogP contribution in [0.3, 0.4) is 0 Å². The van der Waals surface area contributed by atoms with Crippen molar-refractivity contribution < 1.29 is 9.13 Å². The van der Waals surface area contributed by atoms with E-state index in [0.717, 1.165) is 6.07 Å². The summed E-state index contributed by atoms with van der Waals surface area (Å²) in [6.45, 7) is -0.125.